The zero-order valence-electron chi connectivity index (χ0n) is 9.22. The van der Waals surface area contributed by atoms with Crippen LogP contribution in [-0.4, -0.2) is 31.3 Å². The molecule has 0 radical (unpaired) electrons. The molecule has 1 N–H and O–H groups in total. The second-order valence-corrected chi connectivity index (χ2v) is 3.96. The van der Waals surface area contributed by atoms with Gasteiger partial charge in [-0.05, 0) is 24.3 Å². The summed E-state index contributed by atoms with van der Waals surface area (Å²) in [5.41, 5.74) is 0.863. The molecule has 1 saturated heterocycles. The quantitative estimate of drug-likeness (QED) is 0.829. The molecule has 1 aliphatic heterocycles. The molecule has 1 atom stereocenters. The van der Waals surface area contributed by atoms with Crippen LogP contribution in [0.3, 0.4) is 0 Å². The number of amides is 1. The van der Waals surface area contributed by atoms with E-state index in [1.165, 1.54) is 0 Å². The van der Waals surface area contributed by atoms with Crippen molar-refractivity contribution in [3.63, 3.8) is 0 Å². The third-order valence-corrected chi connectivity index (χ3v) is 2.85. The molecule has 1 aromatic carbocycles. The van der Waals surface area contributed by atoms with Crippen LogP contribution in [-0.2, 0) is 4.79 Å². The van der Waals surface area contributed by atoms with Gasteiger partial charge in [-0.2, -0.15) is 0 Å². The number of aliphatic hydroxyl groups is 1. The van der Waals surface area contributed by atoms with Crippen LogP contribution in [0.25, 0.3) is 0 Å². The molecule has 1 aliphatic rings. The Balaban J connectivity index is 2.15. The van der Waals surface area contributed by atoms with E-state index in [0.29, 0.717) is 13.0 Å². The molecule has 4 nitrogen and oxygen atoms in total. The number of methoxy groups -OCH3 is 1. The van der Waals surface area contributed by atoms with Crippen molar-refractivity contribution in [2.24, 2.45) is 5.92 Å². The van der Waals surface area contributed by atoms with Crippen LogP contribution in [0.4, 0.5) is 5.69 Å². The minimum absolute atomic E-state index is 0.0644. The first-order valence-corrected chi connectivity index (χ1v) is 5.30. The van der Waals surface area contributed by atoms with Gasteiger partial charge in [-0.3, -0.25) is 4.79 Å². The summed E-state index contributed by atoms with van der Waals surface area (Å²) in [7, 11) is 1.61. The van der Waals surface area contributed by atoms with Crippen LogP contribution < -0.4 is 9.64 Å². The number of ether oxygens (including phenoxy) is 1. The number of hydrogen-bond acceptors (Lipinski definition) is 3. The SMILES string of the molecule is COc1ccc(N2C[C@H](CO)CC2=O)cc1. The first-order chi connectivity index (χ1) is 7.74. The Kier molecular flexibility index (Phi) is 3.10. The molecule has 0 spiro atoms. The molecule has 1 aromatic rings. The van der Waals surface area contributed by atoms with Gasteiger partial charge in [0.15, 0.2) is 0 Å². The predicted octanol–water partition coefficient (Wildman–Crippen LogP) is 1.04. The predicted molar refractivity (Wildman–Crippen MR) is 60.5 cm³/mol. The second kappa shape index (κ2) is 4.53. The zero-order valence-corrected chi connectivity index (χ0v) is 9.22. The highest BCUT2D eigenvalue weighted by Gasteiger charge is 2.29. The molecule has 1 fully saturated rings. The Bertz CT molecular complexity index is 374. The topological polar surface area (TPSA) is 49.8 Å². The lowest BCUT2D eigenvalue weighted by Crippen LogP contribution is -2.24. The lowest BCUT2D eigenvalue weighted by atomic mass is 10.1. The van der Waals surface area contributed by atoms with E-state index >= 15 is 0 Å². The normalized spacial score (nSPS) is 20.2. The van der Waals surface area contributed by atoms with Gasteiger partial charge in [0.1, 0.15) is 5.75 Å². The average molecular weight is 221 g/mol. The van der Waals surface area contributed by atoms with Crippen LogP contribution in [0.15, 0.2) is 24.3 Å². The smallest absolute Gasteiger partial charge is 0.227 e. The van der Waals surface area contributed by atoms with Crippen LogP contribution in [0.1, 0.15) is 6.42 Å². The summed E-state index contributed by atoms with van der Waals surface area (Å²) in [5, 5.41) is 9.03. The van der Waals surface area contributed by atoms with Gasteiger partial charge in [0.05, 0.1) is 7.11 Å². The Labute approximate surface area is 94.4 Å². The standard InChI is InChI=1S/C12H15NO3/c1-16-11-4-2-10(3-5-11)13-7-9(8-14)6-12(13)15/h2-5,9,14H,6-8H2,1H3/t9-/m1/s1. The summed E-state index contributed by atoms with van der Waals surface area (Å²) in [4.78, 5) is 13.4. The third kappa shape index (κ3) is 2.02. The van der Waals surface area contributed by atoms with Crippen molar-refractivity contribution in [2.75, 3.05) is 25.2 Å². The Morgan fingerprint density at radius 1 is 1.44 bits per heavy atom. The minimum atomic E-state index is 0.0644. The van der Waals surface area contributed by atoms with E-state index in [4.69, 9.17) is 9.84 Å². The highest BCUT2D eigenvalue weighted by atomic mass is 16.5. The van der Waals surface area contributed by atoms with E-state index in [2.05, 4.69) is 0 Å². The van der Waals surface area contributed by atoms with Crippen molar-refractivity contribution in [3.8, 4) is 5.75 Å². The van der Waals surface area contributed by atoms with Gasteiger partial charge in [-0.15, -0.1) is 0 Å². The summed E-state index contributed by atoms with van der Waals surface area (Å²) in [5.74, 6) is 0.910. The Hall–Kier alpha value is -1.55. The number of benzene rings is 1. The van der Waals surface area contributed by atoms with Crippen LogP contribution in [0.2, 0.25) is 0 Å². The summed E-state index contributed by atoms with van der Waals surface area (Å²) in [6.07, 6.45) is 0.433. The monoisotopic (exact) mass is 221 g/mol. The molecule has 1 heterocycles. The number of nitrogens with zero attached hydrogens (tertiary/aromatic N) is 1. The summed E-state index contributed by atoms with van der Waals surface area (Å²) in [6.45, 7) is 0.667. The van der Waals surface area contributed by atoms with Crippen LogP contribution >= 0.6 is 0 Å². The third-order valence-electron chi connectivity index (χ3n) is 2.85. The van der Waals surface area contributed by atoms with Crippen molar-refractivity contribution in [1.29, 1.82) is 0 Å². The molecular weight excluding hydrogens is 206 g/mol. The summed E-state index contributed by atoms with van der Waals surface area (Å²) < 4.78 is 5.06. The van der Waals surface area contributed by atoms with Crippen molar-refractivity contribution in [2.45, 2.75) is 6.42 Å². The van der Waals surface area contributed by atoms with Gasteiger partial charge < -0.3 is 14.7 Å². The molecule has 0 aromatic heterocycles. The Morgan fingerprint density at radius 3 is 2.62 bits per heavy atom. The minimum Gasteiger partial charge on any atom is -0.497 e. The van der Waals surface area contributed by atoms with E-state index in [1.807, 2.05) is 24.3 Å². The van der Waals surface area contributed by atoms with Crippen molar-refractivity contribution in [1.82, 2.24) is 0 Å². The fraction of sp³-hybridized carbons (Fsp3) is 0.417. The van der Waals surface area contributed by atoms with Gasteiger partial charge in [0, 0.05) is 31.2 Å². The maximum Gasteiger partial charge on any atom is 0.227 e. The van der Waals surface area contributed by atoms with Gasteiger partial charge in [-0.1, -0.05) is 0 Å². The average Bonchev–Trinajstić information content (AvgIpc) is 2.71. The van der Waals surface area contributed by atoms with Gasteiger partial charge >= 0.3 is 0 Å². The number of carbonyl (C=O) groups excluding carboxylic acids is 1. The zero-order chi connectivity index (χ0) is 11.5. The van der Waals surface area contributed by atoms with Crippen molar-refractivity contribution in [3.05, 3.63) is 24.3 Å². The van der Waals surface area contributed by atoms with E-state index in [-0.39, 0.29) is 18.4 Å². The lowest BCUT2D eigenvalue weighted by molar-refractivity contribution is -0.117. The lowest BCUT2D eigenvalue weighted by Gasteiger charge is -2.16. The van der Waals surface area contributed by atoms with Gasteiger partial charge in [0.25, 0.3) is 0 Å². The van der Waals surface area contributed by atoms with E-state index in [0.717, 1.165) is 11.4 Å². The van der Waals surface area contributed by atoms with Gasteiger partial charge in [-0.25, -0.2) is 0 Å². The number of rotatable bonds is 3. The van der Waals surface area contributed by atoms with Gasteiger partial charge in [0.2, 0.25) is 5.91 Å². The van der Waals surface area contributed by atoms with Crippen molar-refractivity contribution >= 4 is 11.6 Å². The molecule has 86 valence electrons. The number of anilines is 1. The molecule has 0 bridgehead atoms. The molecule has 2 rings (SSSR count). The van der Waals surface area contributed by atoms with Crippen LogP contribution in [0.5, 0.6) is 5.75 Å². The van der Waals surface area contributed by atoms with Crippen LogP contribution in [0, 0.1) is 5.92 Å². The van der Waals surface area contributed by atoms with E-state index in [9.17, 15) is 4.79 Å². The molecule has 0 saturated carbocycles. The highest BCUT2D eigenvalue weighted by Crippen LogP contribution is 2.26. The molecule has 0 aliphatic carbocycles. The molecule has 4 heteroatoms. The summed E-state index contributed by atoms with van der Waals surface area (Å²) >= 11 is 0. The van der Waals surface area contributed by atoms with Crippen molar-refractivity contribution < 1.29 is 14.6 Å². The molecule has 16 heavy (non-hydrogen) atoms. The molecule has 1 amide bonds. The maximum absolute atomic E-state index is 11.7. The number of aliphatic hydroxyl groups excluding tert-OH is 1. The molecular formula is C12H15NO3. The first kappa shape index (κ1) is 11.0. The maximum atomic E-state index is 11.7. The Morgan fingerprint density at radius 2 is 2.12 bits per heavy atom. The fourth-order valence-corrected chi connectivity index (χ4v) is 1.92. The fourth-order valence-electron chi connectivity index (χ4n) is 1.92. The number of hydrogen-bond donors (Lipinski definition) is 1. The number of carbonyl (C=O) groups is 1. The van der Waals surface area contributed by atoms with E-state index in [1.54, 1.807) is 12.0 Å². The summed E-state index contributed by atoms with van der Waals surface area (Å²) in [6, 6.07) is 7.37. The second-order valence-electron chi connectivity index (χ2n) is 3.96. The molecule has 0 unspecified atom stereocenters. The largest absolute Gasteiger partial charge is 0.497 e. The van der Waals surface area contributed by atoms with E-state index < -0.39 is 0 Å². The first-order valence-electron chi connectivity index (χ1n) is 5.30. The highest BCUT2D eigenvalue weighted by molar-refractivity contribution is 5.95.